The Morgan fingerprint density at radius 2 is 2.20 bits per heavy atom. The largest absolute Gasteiger partial charge is 0.464 e. The fourth-order valence-corrected chi connectivity index (χ4v) is 2.55. The highest BCUT2D eigenvalue weighted by Gasteiger charge is 2.21. The van der Waals surface area contributed by atoms with Crippen LogP contribution in [0.2, 0.25) is 0 Å². The van der Waals surface area contributed by atoms with Crippen LogP contribution in [0.15, 0.2) is 28.4 Å². The third-order valence-corrected chi connectivity index (χ3v) is 3.78. The fourth-order valence-electron chi connectivity index (χ4n) is 1.66. The minimum atomic E-state index is -0.353. The Labute approximate surface area is 123 Å². The second-order valence-electron chi connectivity index (χ2n) is 4.67. The average Bonchev–Trinajstić information content (AvgIpc) is 2.79. The molecular formula is C13H21N3O3S. The Kier molecular flexibility index (Phi) is 6.60. The zero-order valence-corrected chi connectivity index (χ0v) is 13.1. The van der Waals surface area contributed by atoms with Crippen LogP contribution in [-0.2, 0) is 12.3 Å². The van der Waals surface area contributed by atoms with Gasteiger partial charge in [-0.1, -0.05) is 0 Å². The summed E-state index contributed by atoms with van der Waals surface area (Å²) in [5.74, 6) is 2.35. The van der Waals surface area contributed by atoms with Crippen molar-refractivity contribution in [3.8, 4) is 0 Å². The third-order valence-electron chi connectivity index (χ3n) is 2.58. The molecule has 0 saturated carbocycles. The second kappa shape index (κ2) is 7.96. The van der Waals surface area contributed by atoms with Gasteiger partial charge in [-0.05, 0) is 33.2 Å². The number of furan rings is 1. The third kappa shape index (κ3) is 5.26. The van der Waals surface area contributed by atoms with Gasteiger partial charge in [-0.3, -0.25) is 10.1 Å². The molecule has 0 saturated heterocycles. The van der Waals surface area contributed by atoms with Crippen LogP contribution in [-0.4, -0.2) is 36.2 Å². The molecule has 6 nitrogen and oxygen atoms in total. The Bertz CT molecular complexity index is 471. The van der Waals surface area contributed by atoms with E-state index in [0.29, 0.717) is 5.75 Å². The summed E-state index contributed by atoms with van der Waals surface area (Å²) in [5.41, 5.74) is 0.164. The highest BCUT2D eigenvalue weighted by Crippen LogP contribution is 2.24. The minimum absolute atomic E-state index is 0.164. The highest BCUT2D eigenvalue weighted by atomic mass is 32.2. The number of nitrogens with zero attached hydrogens (tertiary/aromatic N) is 2. The van der Waals surface area contributed by atoms with Gasteiger partial charge in [0.25, 0.3) is 5.70 Å². The van der Waals surface area contributed by atoms with Crippen LogP contribution in [0, 0.1) is 10.1 Å². The first-order valence-corrected chi connectivity index (χ1v) is 7.34. The summed E-state index contributed by atoms with van der Waals surface area (Å²) in [7, 11) is 5.61. The molecule has 0 bridgehead atoms. The van der Waals surface area contributed by atoms with E-state index in [9.17, 15) is 10.1 Å². The van der Waals surface area contributed by atoms with E-state index in [2.05, 4.69) is 5.32 Å². The van der Waals surface area contributed by atoms with Gasteiger partial charge in [0.05, 0.1) is 28.7 Å². The number of hydrogen-bond acceptors (Lipinski definition) is 6. The SMILES string of the molecule is CNC=C(C(C)SCc1ccc(CN(C)C)o1)[N+](=O)[O-]. The van der Waals surface area contributed by atoms with Gasteiger partial charge in [0.1, 0.15) is 11.5 Å². The summed E-state index contributed by atoms with van der Waals surface area (Å²) in [6.07, 6.45) is 1.43. The number of thioether (sulfide) groups is 1. The number of rotatable bonds is 8. The van der Waals surface area contributed by atoms with Gasteiger partial charge in [-0.2, -0.15) is 0 Å². The van der Waals surface area contributed by atoms with E-state index in [0.717, 1.165) is 18.1 Å². The zero-order valence-electron chi connectivity index (χ0n) is 12.3. The van der Waals surface area contributed by atoms with Crippen molar-refractivity contribution in [3.63, 3.8) is 0 Å². The van der Waals surface area contributed by atoms with Crippen molar-refractivity contribution in [2.45, 2.75) is 24.5 Å². The van der Waals surface area contributed by atoms with Gasteiger partial charge >= 0.3 is 0 Å². The Hall–Kier alpha value is -1.47. The maximum Gasteiger partial charge on any atom is 0.274 e. The lowest BCUT2D eigenvalue weighted by Crippen LogP contribution is -2.14. The topological polar surface area (TPSA) is 71.5 Å². The Balaban J connectivity index is 2.55. The van der Waals surface area contributed by atoms with E-state index in [4.69, 9.17) is 4.42 Å². The van der Waals surface area contributed by atoms with Crippen LogP contribution >= 0.6 is 11.8 Å². The van der Waals surface area contributed by atoms with Crippen molar-refractivity contribution < 1.29 is 9.34 Å². The van der Waals surface area contributed by atoms with E-state index in [1.54, 1.807) is 7.05 Å². The molecule has 1 aromatic heterocycles. The Morgan fingerprint density at radius 3 is 2.75 bits per heavy atom. The normalized spacial score (nSPS) is 13.6. The monoisotopic (exact) mass is 299 g/mol. The van der Waals surface area contributed by atoms with E-state index in [-0.39, 0.29) is 15.9 Å². The predicted octanol–water partition coefficient (Wildman–Crippen LogP) is 2.30. The number of nitro groups is 1. The minimum Gasteiger partial charge on any atom is -0.464 e. The molecule has 0 amide bonds. The van der Waals surface area contributed by atoms with Gasteiger partial charge in [-0.25, -0.2) is 0 Å². The molecule has 1 N–H and O–H groups in total. The van der Waals surface area contributed by atoms with Crippen molar-refractivity contribution in [1.29, 1.82) is 0 Å². The zero-order chi connectivity index (χ0) is 15.1. The molecule has 20 heavy (non-hydrogen) atoms. The molecule has 112 valence electrons. The van der Waals surface area contributed by atoms with Gasteiger partial charge in [0, 0.05) is 7.05 Å². The number of nitrogens with one attached hydrogen (secondary N) is 1. The van der Waals surface area contributed by atoms with Gasteiger partial charge in [0.15, 0.2) is 0 Å². The highest BCUT2D eigenvalue weighted by molar-refractivity contribution is 7.99. The molecule has 0 aliphatic rings. The first-order valence-electron chi connectivity index (χ1n) is 6.29. The van der Waals surface area contributed by atoms with E-state index >= 15 is 0 Å². The summed E-state index contributed by atoms with van der Waals surface area (Å²) in [4.78, 5) is 12.6. The predicted molar refractivity (Wildman–Crippen MR) is 81.0 cm³/mol. The van der Waals surface area contributed by atoms with Gasteiger partial charge in [-0.15, -0.1) is 11.8 Å². The standard InChI is InChI=1S/C13H21N3O3S/c1-10(13(7-14-2)16(17)18)20-9-12-6-5-11(19-12)8-15(3)4/h5-7,10,14H,8-9H2,1-4H3. The summed E-state index contributed by atoms with van der Waals surface area (Å²) >= 11 is 1.48. The lowest BCUT2D eigenvalue weighted by atomic mass is 10.4. The van der Waals surface area contributed by atoms with Crippen LogP contribution in [0.1, 0.15) is 18.4 Å². The molecule has 0 radical (unpaired) electrons. The van der Waals surface area contributed by atoms with Crippen molar-refractivity contribution in [3.05, 3.63) is 45.7 Å². The Morgan fingerprint density at radius 1 is 1.55 bits per heavy atom. The van der Waals surface area contributed by atoms with Crippen LogP contribution in [0.25, 0.3) is 0 Å². The molecule has 0 aromatic carbocycles. The average molecular weight is 299 g/mol. The van der Waals surface area contributed by atoms with Crippen molar-refractivity contribution in [2.75, 3.05) is 21.1 Å². The summed E-state index contributed by atoms with van der Waals surface area (Å²) in [6, 6.07) is 3.87. The smallest absolute Gasteiger partial charge is 0.274 e. The summed E-state index contributed by atoms with van der Waals surface area (Å²) in [6.45, 7) is 2.57. The molecule has 1 rings (SSSR count). The molecule has 1 unspecified atom stereocenters. The molecular weight excluding hydrogens is 278 g/mol. The molecule has 0 spiro atoms. The van der Waals surface area contributed by atoms with E-state index in [1.807, 2.05) is 38.1 Å². The van der Waals surface area contributed by atoms with Crippen molar-refractivity contribution in [2.24, 2.45) is 0 Å². The maximum absolute atomic E-state index is 10.9. The quantitative estimate of drug-likeness (QED) is 0.586. The van der Waals surface area contributed by atoms with E-state index < -0.39 is 0 Å². The molecule has 1 aromatic rings. The molecule has 0 aliphatic heterocycles. The molecule has 1 atom stereocenters. The lowest BCUT2D eigenvalue weighted by Gasteiger charge is -2.08. The molecule has 1 heterocycles. The van der Waals surface area contributed by atoms with E-state index in [1.165, 1.54) is 18.0 Å². The molecule has 0 fully saturated rings. The molecule has 7 heteroatoms. The summed E-state index contributed by atoms with van der Waals surface area (Å²) in [5, 5.41) is 13.4. The van der Waals surface area contributed by atoms with Gasteiger partial charge < -0.3 is 14.6 Å². The first-order chi connectivity index (χ1) is 9.43. The van der Waals surface area contributed by atoms with Crippen molar-refractivity contribution in [1.82, 2.24) is 10.2 Å². The van der Waals surface area contributed by atoms with Crippen LogP contribution < -0.4 is 5.32 Å². The van der Waals surface area contributed by atoms with Crippen LogP contribution in [0.5, 0.6) is 0 Å². The second-order valence-corrected chi connectivity index (χ2v) is 6.00. The fraction of sp³-hybridized carbons (Fsp3) is 0.538. The lowest BCUT2D eigenvalue weighted by molar-refractivity contribution is -0.427. The molecule has 0 aliphatic carbocycles. The summed E-state index contributed by atoms with van der Waals surface area (Å²) < 4.78 is 5.68. The maximum atomic E-state index is 10.9. The van der Waals surface area contributed by atoms with Crippen LogP contribution in [0.4, 0.5) is 0 Å². The first kappa shape index (κ1) is 16.6. The van der Waals surface area contributed by atoms with Crippen LogP contribution in [0.3, 0.4) is 0 Å². The van der Waals surface area contributed by atoms with Gasteiger partial charge in [0.2, 0.25) is 0 Å². The van der Waals surface area contributed by atoms with Crippen molar-refractivity contribution >= 4 is 11.8 Å². The number of hydrogen-bond donors (Lipinski definition) is 1.